The van der Waals surface area contributed by atoms with E-state index in [0.29, 0.717) is 6.54 Å². The average molecular weight is 290 g/mol. The van der Waals surface area contributed by atoms with Crippen molar-refractivity contribution in [1.82, 2.24) is 10.2 Å². The zero-order valence-electron chi connectivity index (χ0n) is 11.5. The van der Waals surface area contributed by atoms with Crippen LogP contribution in [-0.2, 0) is 20.8 Å². The van der Waals surface area contributed by atoms with Crippen molar-refractivity contribution in [3.63, 3.8) is 0 Å². The molecule has 1 aromatic rings. The van der Waals surface area contributed by atoms with Gasteiger partial charge in [0.25, 0.3) is 0 Å². The van der Waals surface area contributed by atoms with Gasteiger partial charge in [-0.3, -0.25) is 14.4 Å². The minimum absolute atomic E-state index is 0.331. The van der Waals surface area contributed by atoms with Gasteiger partial charge in [-0.05, 0) is 17.5 Å². The van der Waals surface area contributed by atoms with E-state index in [4.69, 9.17) is 11.5 Å². The summed E-state index contributed by atoms with van der Waals surface area (Å²) in [7, 11) is 0. The summed E-state index contributed by atoms with van der Waals surface area (Å²) >= 11 is 0. The Balaban J connectivity index is 2.25. The molecule has 1 aliphatic rings. The van der Waals surface area contributed by atoms with Crippen molar-refractivity contribution in [2.24, 2.45) is 11.5 Å². The highest BCUT2D eigenvalue weighted by atomic mass is 16.2. The lowest BCUT2D eigenvalue weighted by Gasteiger charge is -2.30. The smallest absolute Gasteiger partial charge is 0.245 e. The third-order valence-corrected chi connectivity index (χ3v) is 3.36. The summed E-state index contributed by atoms with van der Waals surface area (Å²) in [6.45, 7) is -0.0152. The Labute approximate surface area is 122 Å². The normalized spacial score (nSPS) is 16.9. The summed E-state index contributed by atoms with van der Waals surface area (Å²) in [5, 5.41) is 3.11. The lowest BCUT2D eigenvalue weighted by atomic mass is 9.93. The Hall–Kier alpha value is -2.41. The number of hydrogen-bond donors (Lipinski definition) is 3. The molecule has 7 nitrogen and oxygen atoms in total. The summed E-state index contributed by atoms with van der Waals surface area (Å²) in [5.74, 6) is -1.75. The van der Waals surface area contributed by atoms with E-state index in [2.05, 4.69) is 5.32 Å². The Morgan fingerprint density at radius 3 is 2.38 bits per heavy atom. The average Bonchev–Trinajstić information content (AvgIpc) is 2.44. The number of nitrogens with two attached hydrogens (primary N) is 2. The van der Waals surface area contributed by atoms with E-state index >= 15 is 0 Å². The van der Waals surface area contributed by atoms with Crippen LogP contribution in [0, 0.1) is 0 Å². The van der Waals surface area contributed by atoms with Crippen LogP contribution in [0.2, 0.25) is 0 Å². The van der Waals surface area contributed by atoms with Crippen molar-refractivity contribution in [2.45, 2.75) is 12.5 Å². The van der Waals surface area contributed by atoms with Gasteiger partial charge in [-0.25, -0.2) is 0 Å². The first kappa shape index (κ1) is 15.0. The predicted octanol–water partition coefficient (Wildman–Crippen LogP) is -1.33. The molecule has 1 heterocycles. The molecule has 3 amide bonds. The quantitative estimate of drug-likeness (QED) is 0.622. The standard InChI is InChI=1S/C14H18N4O3/c15-11(19)7-18(8-12(16)20)14(21)13-10-4-2-1-3-9(10)5-6-17-13/h1-4,13,17H,5-8H2,(H2,15,19)(H2,16,20). The maximum atomic E-state index is 12.6. The highest BCUT2D eigenvalue weighted by molar-refractivity contribution is 5.91. The van der Waals surface area contributed by atoms with E-state index in [0.717, 1.165) is 22.4 Å². The van der Waals surface area contributed by atoms with E-state index in [1.807, 2.05) is 24.3 Å². The molecule has 112 valence electrons. The minimum Gasteiger partial charge on any atom is -0.368 e. The highest BCUT2D eigenvalue weighted by Crippen LogP contribution is 2.24. The lowest BCUT2D eigenvalue weighted by Crippen LogP contribution is -2.49. The molecule has 1 aliphatic heterocycles. The van der Waals surface area contributed by atoms with Crippen molar-refractivity contribution >= 4 is 17.7 Å². The van der Waals surface area contributed by atoms with Crippen molar-refractivity contribution < 1.29 is 14.4 Å². The summed E-state index contributed by atoms with van der Waals surface area (Å²) in [5.41, 5.74) is 12.2. The van der Waals surface area contributed by atoms with Crippen LogP contribution < -0.4 is 16.8 Å². The molecule has 1 aromatic carbocycles. The van der Waals surface area contributed by atoms with Crippen LogP contribution in [0.5, 0.6) is 0 Å². The number of fused-ring (bicyclic) bond motifs is 1. The molecule has 0 aromatic heterocycles. The Morgan fingerprint density at radius 2 is 1.76 bits per heavy atom. The Kier molecular flexibility index (Phi) is 4.54. The summed E-state index contributed by atoms with van der Waals surface area (Å²) in [6.07, 6.45) is 0.825. The van der Waals surface area contributed by atoms with E-state index in [-0.39, 0.29) is 19.0 Å². The van der Waals surface area contributed by atoms with Gasteiger partial charge in [0.1, 0.15) is 6.04 Å². The van der Waals surface area contributed by atoms with Crippen LogP contribution in [0.1, 0.15) is 17.2 Å². The molecular weight excluding hydrogens is 272 g/mol. The van der Waals surface area contributed by atoms with Crippen molar-refractivity contribution in [1.29, 1.82) is 0 Å². The molecule has 21 heavy (non-hydrogen) atoms. The van der Waals surface area contributed by atoms with Gasteiger partial charge >= 0.3 is 0 Å². The highest BCUT2D eigenvalue weighted by Gasteiger charge is 2.30. The van der Waals surface area contributed by atoms with Gasteiger partial charge in [0, 0.05) is 6.54 Å². The molecule has 5 N–H and O–H groups in total. The second kappa shape index (κ2) is 6.36. The van der Waals surface area contributed by atoms with Crippen LogP contribution in [0.3, 0.4) is 0 Å². The van der Waals surface area contributed by atoms with Crippen LogP contribution >= 0.6 is 0 Å². The molecule has 7 heteroatoms. The van der Waals surface area contributed by atoms with Gasteiger partial charge < -0.3 is 21.7 Å². The Bertz CT molecular complexity index is 557. The molecule has 0 saturated carbocycles. The molecule has 0 radical (unpaired) electrons. The topological polar surface area (TPSA) is 119 Å². The van der Waals surface area contributed by atoms with Gasteiger partial charge in [-0.2, -0.15) is 0 Å². The van der Waals surface area contributed by atoms with Crippen LogP contribution in [0.25, 0.3) is 0 Å². The number of hydrogen-bond acceptors (Lipinski definition) is 4. The van der Waals surface area contributed by atoms with Crippen LogP contribution in [-0.4, -0.2) is 42.3 Å². The number of carbonyl (C=O) groups excluding carboxylic acids is 3. The molecule has 0 spiro atoms. The van der Waals surface area contributed by atoms with Crippen LogP contribution in [0.4, 0.5) is 0 Å². The van der Waals surface area contributed by atoms with Crippen LogP contribution in [0.15, 0.2) is 24.3 Å². The zero-order valence-corrected chi connectivity index (χ0v) is 11.5. The number of amides is 3. The second-order valence-corrected chi connectivity index (χ2v) is 4.96. The molecule has 0 aliphatic carbocycles. The number of primary amides is 2. The lowest BCUT2D eigenvalue weighted by molar-refractivity contribution is -0.140. The SMILES string of the molecule is NC(=O)CN(CC(N)=O)C(=O)C1NCCc2ccccc21. The largest absolute Gasteiger partial charge is 0.368 e. The third kappa shape index (κ3) is 3.57. The van der Waals surface area contributed by atoms with Crippen molar-refractivity contribution in [3.8, 4) is 0 Å². The monoisotopic (exact) mass is 290 g/mol. The Morgan fingerprint density at radius 1 is 1.14 bits per heavy atom. The van der Waals surface area contributed by atoms with Gasteiger partial charge in [0.2, 0.25) is 17.7 Å². The summed E-state index contributed by atoms with van der Waals surface area (Å²) in [6, 6.07) is 6.99. The number of carbonyl (C=O) groups is 3. The third-order valence-electron chi connectivity index (χ3n) is 3.36. The molecule has 1 unspecified atom stereocenters. The van der Waals surface area contributed by atoms with Crippen molar-refractivity contribution in [2.75, 3.05) is 19.6 Å². The first-order valence-electron chi connectivity index (χ1n) is 6.65. The maximum absolute atomic E-state index is 12.6. The zero-order chi connectivity index (χ0) is 15.4. The summed E-state index contributed by atoms with van der Waals surface area (Å²) < 4.78 is 0. The second-order valence-electron chi connectivity index (χ2n) is 4.96. The van der Waals surface area contributed by atoms with E-state index in [1.165, 1.54) is 0 Å². The first-order chi connectivity index (χ1) is 9.99. The molecular formula is C14H18N4O3. The first-order valence-corrected chi connectivity index (χ1v) is 6.65. The molecule has 1 atom stereocenters. The number of nitrogens with zero attached hydrogens (tertiary/aromatic N) is 1. The van der Waals surface area contributed by atoms with E-state index in [9.17, 15) is 14.4 Å². The molecule has 0 saturated heterocycles. The fraction of sp³-hybridized carbons (Fsp3) is 0.357. The van der Waals surface area contributed by atoms with E-state index in [1.54, 1.807) is 0 Å². The maximum Gasteiger partial charge on any atom is 0.245 e. The fourth-order valence-corrected chi connectivity index (χ4v) is 2.50. The molecule has 0 fully saturated rings. The van der Waals surface area contributed by atoms with Gasteiger partial charge in [0.15, 0.2) is 0 Å². The molecule has 2 rings (SSSR count). The predicted molar refractivity (Wildman–Crippen MR) is 75.9 cm³/mol. The minimum atomic E-state index is -0.686. The van der Waals surface area contributed by atoms with E-state index < -0.39 is 17.9 Å². The van der Waals surface area contributed by atoms with Gasteiger partial charge in [0.05, 0.1) is 13.1 Å². The number of benzene rings is 1. The summed E-state index contributed by atoms with van der Waals surface area (Å²) in [4.78, 5) is 35.8. The fourth-order valence-electron chi connectivity index (χ4n) is 2.50. The number of nitrogens with one attached hydrogen (secondary N) is 1. The number of rotatable bonds is 5. The van der Waals surface area contributed by atoms with Gasteiger partial charge in [-0.1, -0.05) is 24.3 Å². The van der Waals surface area contributed by atoms with Crippen molar-refractivity contribution in [3.05, 3.63) is 35.4 Å². The van der Waals surface area contributed by atoms with Gasteiger partial charge in [-0.15, -0.1) is 0 Å². The molecule has 0 bridgehead atoms.